The van der Waals surface area contributed by atoms with E-state index < -0.39 is 0 Å². The third kappa shape index (κ3) is 6.53. The van der Waals surface area contributed by atoms with Crippen LogP contribution in [-0.2, 0) is 4.74 Å². The zero-order chi connectivity index (χ0) is 23.3. The number of halogens is 3. The SMILES string of the molecule is C\C1=C/C=C\C=C\C(c2cc(Cl)cc(Cl)c2)OC12CCN(CCC1=CC=C(Cl)C=CC1)CC2. The Kier molecular flexibility index (Phi) is 8.38. The maximum atomic E-state index is 6.90. The van der Waals surface area contributed by atoms with Crippen molar-refractivity contribution in [1.29, 1.82) is 0 Å². The number of hydrogen-bond donors (Lipinski definition) is 0. The molecule has 0 amide bonds. The van der Waals surface area contributed by atoms with Gasteiger partial charge in [0.15, 0.2) is 0 Å². The molecule has 1 atom stereocenters. The molecule has 1 aliphatic carbocycles. The minimum absolute atomic E-state index is 0.210. The molecule has 2 nitrogen and oxygen atoms in total. The van der Waals surface area contributed by atoms with E-state index in [1.807, 2.05) is 30.4 Å². The predicted octanol–water partition coefficient (Wildman–Crippen LogP) is 8.36. The van der Waals surface area contributed by atoms with Gasteiger partial charge in [-0.25, -0.2) is 0 Å². The lowest BCUT2D eigenvalue weighted by Gasteiger charge is -2.44. The molecule has 0 saturated carbocycles. The summed E-state index contributed by atoms with van der Waals surface area (Å²) in [5.74, 6) is 0. The quantitative estimate of drug-likeness (QED) is 0.410. The van der Waals surface area contributed by atoms with Crippen LogP contribution >= 0.6 is 34.8 Å². The first-order chi connectivity index (χ1) is 15.9. The summed E-state index contributed by atoms with van der Waals surface area (Å²) in [7, 11) is 0. The molecule has 1 fully saturated rings. The highest BCUT2D eigenvalue weighted by Crippen LogP contribution is 2.40. The zero-order valence-electron chi connectivity index (χ0n) is 18.9. The van der Waals surface area contributed by atoms with Crippen molar-refractivity contribution in [2.24, 2.45) is 0 Å². The van der Waals surface area contributed by atoms with Crippen LogP contribution in [0.15, 0.2) is 89.1 Å². The van der Waals surface area contributed by atoms with Crippen molar-refractivity contribution in [2.45, 2.75) is 44.3 Å². The largest absolute Gasteiger partial charge is 0.358 e. The summed E-state index contributed by atoms with van der Waals surface area (Å²) in [6.07, 6.45) is 22.5. The Balaban J connectivity index is 1.46. The van der Waals surface area contributed by atoms with Gasteiger partial charge >= 0.3 is 0 Å². The Morgan fingerprint density at radius 3 is 2.48 bits per heavy atom. The van der Waals surface area contributed by atoms with Gasteiger partial charge < -0.3 is 9.64 Å². The predicted molar refractivity (Wildman–Crippen MR) is 141 cm³/mol. The molecule has 4 rings (SSSR count). The van der Waals surface area contributed by atoms with Gasteiger partial charge in [-0.15, -0.1) is 0 Å². The van der Waals surface area contributed by atoms with Crippen molar-refractivity contribution in [3.63, 3.8) is 0 Å². The van der Waals surface area contributed by atoms with Crippen molar-refractivity contribution in [2.75, 3.05) is 19.6 Å². The highest BCUT2D eigenvalue weighted by atomic mass is 35.5. The van der Waals surface area contributed by atoms with E-state index in [0.717, 1.165) is 55.9 Å². The van der Waals surface area contributed by atoms with Crippen LogP contribution in [0.2, 0.25) is 10.0 Å². The lowest BCUT2D eigenvalue weighted by atomic mass is 9.83. The lowest BCUT2D eigenvalue weighted by Crippen LogP contribution is -2.47. The molecule has 3 aliphatic rings. The van der Waals surface area contributed by atoms with E-state index in [9.17, 15) is 0 Å². The van der Waals surface area contributed by atoms with E-state index in [0.29, 0.717) is 10.0 Å². The van der Waals surface area contributed by atoms with Gasteiger partial charge in [0, 0.05) is 34.7 Å². The lowest BCUT2D eigenvalue weighted by molar-refractivity contribution is -0.0855. The fourth-order valence-corrected chi connectivity index (χ4v) is 5.35. The Labute approximate surface area is 212 Å². The smallest absolute Gasteiger partial charge is 0.102 e. The van der Waals surface area contributed by atoms with E-state index in [2.05, 4.69) is 48.3 Å². The molecule has 2 aliphatic heterocycles. The number of nitrogens with zero attached hydrogens (tertiary/aromatic N) is 1. The second kappa shape index (κ2) is 11.3. The van der Waals surface area contributed by atoms with Crippen molar-refractivity contribution >= 4 is 34.8 Å². The van der Waals surface area contributed by atoms with Crippen LogP contribution in [-0.4, -0.2) is 30.1 Å². The molecule has 1 aromatic carbocycles. The Bertz CT molecular complexity index is 1020. The topological polar surface area (TPSA) is 12.5 Å². The molecule has 5 heteroatoms. The van der Waals surface area contributed by atoms with Gasteiger partial charge in [0.1, 0.15) is 6.10 Å². The molecule has 1 spiro atoms. The van der Waals surface area contributed by atoms with Crippen LogP contribution in [0, 0.1) is 0 Å². The summed E-state index contributed by atoms with van der Waals surface area (Å²) in [5, 5.41) is 2.04. The second-order valence-electron chi connectivity index (χ2n) is 8.93. The van der Waals surface area contributed by atoms with Gasteiger partial charge in [0.05, 0.1) is 5.60 Å². The number of hydrogen-bond acceptors (Lipinski definition) is 2. The Hall–Kier alpha value is -1.55. The average molecular weight is 503 g/mol. The van der Waals surface area contributed by atoms with E-state index in [1.54, 1.807) is 6.07 Å². The van der Waals surface area contributed by atoms with Crippen molar-refractivity contribution < 1.29 is 4.74 Å². The molecule has 1 unspecified atom stereocenters. The highest BCUT2D eigenvalue weighted by Gasteiger charge is 2.39. The van der Waals surface area contributed by atoms with Gasteiger partial charge in [-0.1, -0.05) is 82.9 Å². The van der Waals surface area contributed by atoms with E-state index in [4.69, 9.17) is 39.5 Å². The Morgan fingerprint density at radius 2 is 1.73 bits per heavy atom. The van der Waals surface area contributed by atoms with E-state index in [-0.39, 0.29) is 11.7 Å². The minimum Gasteiger partial charge on any atom is -0.358 e. The van der Waals surface area contributed by atoms with Crippen molar-refractivity contribution in [3.05, 3.63) is 105 Å². The first kappa shape index (κ1) is 24.6. The van der Waals surface area contributed by atoms with E-state index in [1.165, 1.54) is 11.1 Å². The molecule has 0 bridgehead atoms. The molecule has 2 heterocycles. The third-order valence-corrected chi connectivity index (χ3v) is 7.38. The van der Waals surface area contributed by atoms with Crippen molar-refractivity contribution in [3.8, 4) is 0 Å². The third-order valence-electron chi connectivity index (χ3n) is 6.69. The molecular formula is C28H30Cl3NO. The van der Waals surface area contributed by atoms with Crippen LogP contribution in [0.1, 0.15) is 44.3 Å². The molecule has 0 N–H and O–H groups in total. The number of ether oxygens (including phenoxy) is 1. The van der Waals surface area contributed by atoms with Crippen LogP contribution in [0.4, 0.5) is 0 Å². The van der Waals surface area contributed by atoms with Gasteiger partial charge in [0.25, 0.3) is 0 Å². The highest BCUT2D eigenvalue weighted by molar-refractivity contribution is 6.34. The normalized spacial score (nSPS) is 26.8. The van der Waals surface area contributed by atoms with Crippen LogP contribution in [0.25, 0.3) is 0 Å². The first-order valence-corrected chi connectivity index (χ1v) is 12.7. The summed E-state index contributed by atoms with van der Waals surface area (Å²) in [6, 6.07) is 5.65. The summed E-state index contributed by atoms with van der Waals surface area (Å²) in [6.45, 7) is 5.24. The number of allylic oxidation sites excluding steroid dienone is 9. The van der Waals surface area contributed by atoms with Gasteiger partial charge in [-0.2, -0.15) is 0 Å². The van der Waals surface area contributed by atoms with Crippen molar-refractivity contribution in [1.82, 2.24) is 4.90 Å². The fourth-order valence-electron chi connectivity index (χ4n) is 4.66. The molecular weight excluding hydrogens is 473 g/mol. The summed E-state index contributed by atoms with van der Waals surface area (Å²) < 4.78 is 6.90. The van der Waals surface area contributed by atoms with Crippen LogP contribution in [0.3, 0.4) is 0 Å². The summed E-state index contributed by atoms with van der Waals surface area (Å²) in [4.78, 5) is 2.55. The van der Waals surface area contributed by atoms with Gasteiger partial charge in [-0.3, -0.25) is 0 Å². The van der Waals surface area contributed by atoms with Gasteiger partial charge in [0.2, 0.25) is 0 Å². The molecule has 0 radical (unpaired) electrons. The molecule has 33 heavy (non-hydrogen) atoms. The number of rotatable bonds is 4. The molecule has 1 aromatic rings. The maximum absolute atomic E-state index is 6.90. The van der Waals surface area contributed by atoms with Crippen LogP contribution < -0.4 is 0 Å². The number of likely N-dealkylation sites (tertiary alicyclic amines) is 1. The minimum atomic E-state index is -0.310. The van der Waals surface area contributed by atoms with E-state index >= 15 is 0 Å². The average Bonchev–Trinajstić information content (AvgIpc) is 2.96. The van der Waals surface area contributed by atoms with Crippen LogP contribution in [0.5, 0.6) is 0 Å². The van der Waals surface area contributed by atoms with Gasteiger partial charge in [-0.05, 0) is 74.1 Å². The summed E-state index contributed by atoms with van der Waals surface area (Å²) >= 11 is 18.7. The number of piperidine rings is 1. The molecule has 1 saturated heterocycles. The Morgan fingerprint density at radius 1 is 0.970 bits per heavy atom. The zero-order valence-corrected chi connectivity index (χ0v) is 21.2. The first-order valence-electron chi connectivity index (χ1n) is 11.5. The summed E-state index contributed by atoms with van der Waals surface area (Å²) in [5.41, 5.74) is 3.35. The monoisotopic (exact) mass is 501 g/mol. The standard InChI is InChI=1S/C28H30Cl3NO/c1-21-6-3-2-4-9-27(23-18-25(30)20-26(31)19-23)33-28(21)13-16-32(17-14-28)15-12-22-7-5-8-24(29)11-10-22/h2-6,8-11,18-20,27H,7,12-17H2,1H3/b3-2-,9-4+,21-6+. The molecule has 0 aromatic heterocycles. The molecule has 174 valence electrons. The fraction of sp³-hybridized carbons (Fsp3) is 0.357. The maximum Gasteiger partial charge on any atom is 0.102 e. The second-order valence-corrected chi connectivity index (χ2v) is 10.2. The number of benzene rings is 1.